The van der Waals surface area contributed by atoms with Gasteiger partial charge in [0.05, 0.1) is 16.3 Å². The Labute approximate surface area is 164 Å². The lowest BCUT2D eigenvalue weighted by molar-refractivity contribution is -0.149. The fraction of sp³-hybridized carbons (Fsp3) is 0.263. The van der Waals surface area contributed by atoms with E-state index in [-0.39, 0.29) is 5.02 Å². The maximum Gasteiger partial charge on any atom is 0.418 e. The first kappa shape index (κ1) is 21.6. The molecule has 28 heavy (non-hydrogen) atoms. The second-order valence-corrected chi connectivity index (χ2v) is 6.29. The second-order valence-electron chi connectivity index (χ2n) is 5.88. The molecule has 2 aromatic rings. The van der Waals surface area contributed by atoms with E-state index in [2.05, 4.69) is 0 Å². The molecule has 1 amide bonds. The van der Waals surface area contributed by atoms with Gasteiger partial charge in [0.25, 0.3) is 5.91 Å². The van der Waals surface area contributed by atoms with E-state index >= 15 is 0 Å². The molecule has 0 heterocycles. The number of benzene rings is 2. The Bertz CT molecular complexity index is 864. The van der Waals surface area contributed by atoms with Crippen LogP contribution in [0, 0.1) is 13.8 Å². The van der Waals surface area contributed by atoms with Crippen molar-refractivity contribution in [3.63, 3.8) is 0 Å². The standard InChI is InChI=1S/C19H17ClF3NO4/c1-11-5-3-6-12(2)18(11)28-10-16(26)27-9-15(25)24-17-13(19(21,22)23)7-4-8-14(17)20/h3-8H,9-10H2,1-2H3,(H,24,25). The monoisotopic (exact) mass is 415 g/mol. The Hall–Kier alpha value is -2.74. The molecule has 0 fully saturated rings. The number of halogens is 4. The topological polar surface area (TPSA) is 64.6 Å². The van der Waals surface area contributed by atoms with Crippen LogP contribution < -0.4 is 10.1 Å². The number of nitrogens with one attached hydrogen (secondary N) is 1. The van der Waals surface area contributed by atoms with Gasteiger partial charge in [-0.25, -0.2) is 4.79 Å². The number of rotatable bonds is 6. The third-order valence-corrected chi connectivity index (χ3v) is 4.01. The number of para-hydroxylation sites is 2. The molecule has 0 saturated heterocycles. The summed E-state index contributed by atoms with van der Waals surface area (Å²) >= 11 is 5.75. The minimum absolute atomic E-state index is 0.284. The molecule has 0 bridgehead atoms. The molecule has 0 unspecified atom stereocenters. The Morgan fingerprint density at radius 3 is 2.25 bits per heavy atom. The first-order valence-corrected chi connectivity index (χ1v) is 8.47. The van der Waals surface area contributed by atoms with Crippen LogP contribution in [0.15, 0.2) is 36.4 Å². The van der Waals surface area contributed by atoms with E-state index in [1.807, 2.05) is 37.4 Å². The predicted molar refractivity (Wildman–Crippen MR) is 97.5 cm³/mol. The highest BCUT2D eigenvalue weighted by atomic mass is 35.5. The normalized spacial score (nSPS) is 11.1. The van der Waals surface area contributed by atoms with Gasteiger partial charge in [-0.1, -0.05) is 35.9 Å². The smallest absolute Gasteiger partial charge is 0.418 e. The van der Waals surface area contributed by atoms with Crippen molar-refractivity contribution in [2.24, 2.45) is 0 Å². The molecule has 2 rings (SSSR count). The highest BCUT2D eigenvalue weighted by Crippen LogP contribution is 2.38. The van der Waals surface area contributed by atoms with Crippen LogP contribution >= 0.6 is 11.6 Å². The summed E-state index contributed by atoms with van der Waals surface area (Å²) in [6, 6.07) is 8.56. The highest BCUT2D eigenvalue weighted by Gasteiger charge is 2.34. The van der Waals surface area contributed by atoms with E-state index in [9.17, 15) is 22.8 Å². The molecule has 0 spiro atoms. The number of alkyl halides is 3. The van der Waals surface area contributed by atoms with Gasteiger partial charge in [-0.15, -0.1) is 0 Å². The molecule has 2 aromatic carbocycles. The molecule has 5 nitrogen and oxygen atoms in total. The van der Waals surface area contributed by atoms with E-state index in [4.69, 9.17) is 21.1 Å². The van der Waals surface area contributed by atoms with Gasteiger partial charge in [0.1, 0.15) is 5.75 Å². The highest BCUT2D eigenvalue weighted by molar-refractivity contribution is 6.34. The van der Waals surface area contributed by atoms with Crippen molar-refractivity contribution in [3.8, 4) is 5.75 Å². The number of carbonyl (C=O) groups excluding carboxylic acids is 2. The van der Waals surface area contributed by atoms with Crippen LogP contribution in [0.4, 0.5) is 18.9 Å². The van der Waals surface area contributed by atoms with Crippen molar-refractivity contribution >= 4 is 29.2 Å². The number of esters is 1. The lowest BCUT2D eigenvalue weighted by atomic mass is 10.1. The molecule has 0 aliphatic rings. The second kappa shape index (κ2) is 8.97. The van der Waals surface area contributed by atoms with Gasteiger partial charge >= 0.3 is 12.1 Å². The number of anilines is 1. The molecule has 0 radical (unpaired) electrons. The predicted octanol–water partition coefficient (Wildman–Crippen LogP) is 4.54. The largest absolute Gasteiger partial charge is 0.481 e. The maximum absolute atomic E-state index is 13.0. The zero-order valence-electron chi connectivity index (χ0n) is 15.0. The summed E-state index contributed by atoms with van der Waals surface area (Å²) in [4.78, 5) is 23.6. The fourth-order valence-corrected chi connectivity index (χ4v) is 2.63. The lowest BCUT2D eigenvalue weighted by Gasteiger charge is -2.15. The number of ether oxygens (including phenoxy) is 2. The van der Waals surface area contributed by atoms with E-state index in [0.29, 0.717) is 5.75 Å². The van der Waals surface area contributed by atoms with Crippen LogP contribution in [-0.4, -0.2) is 25.1 Å². The van der Waals surface area contributed by atoms with E-state index in [0.717, 1.165) is 23.3 Å². The first-order valence-electron chi connectivity index (χ1n) is 8.09. The fourth-order valence-electron chi connectivity index (χ4n) is 2.41. The molecular formula is C19H17ClF3NO4. The van der Waals surface area contributed by atoms with Crippen molar-refractivity contribution in [1.29, 1.82) is 0 Å². The molecule has 0 saturated carbocycles. The zero-order chi connectivity index (χ0) is 20.9. The molecule has 0 atom stereocenters. The number of hydrogen-bond donors (Lipinski definition) is 1. The zero-order valence-corrected chi connectivity index (χ0v) is 15.8. The Morgan fingerprint density at radius 2 is 1.64 bits per heavy atom. The average molecular weight is 416 g/mol. The Morgan fingerprint density at radius 1 is 1.04 bits per heavy atom. The Kier molecular flexibility index (Phi) is 6.90. The summed E-state index contributed by atoms with van der Waals surface area (Å²) in [5.41, 5.74) is -0.0459. The van der Waals surface area contributed by atoms with Crippen LogP contribution in [0.3, 0.4) is 0 Å². The quantitative estimate of drug-likeness (QED) is 0.704. The van der Waals surface area contributed by atoms with E-state index in [1.165, 1.54) is 6.07 Å². The third-order valence-electron chi connectivity index (χ3n) is 3.69. The Balaban J connectivity index is 1.92. The summed E-state index contributed by atoms with van der Waals surface area (Å²) < 4.78 is 49.2. The van der Waals surface area contributed by atoms with Crippen LogP contribution in [-0.2, 0) is 20.5 Å². The van der Waals surface area contributed by atoms with Gasteiger partial charge in [0.15, 0.2) is 13.2 Å². The van der Waals surface area contributed by atoms with Gasteiger partial charge in [0.2, 0.25) is 0 Å². The van der Waals surface area contributed by atoms with Crippen molar-refractivity contribution in [2.45, 2.75) is 20.0 Å². The van der Waals surface area contributed by atoms with Gasteiger partial charge in [-0.05, 0) is 37.1 Å². The molecule has 1 N–H and O–H groups in total. The number of hydrogen-bond acceptors (Lipinski definition) is 4. The van der Waals surface area contributed by atoms with Crippen molar-refractivity contribution in [3.05, 3.63) is 58.1 Å². The lowest BCUT2D eigenvalue weighted by Crippen LogP contribution is -2.25. The van der Waals surface area contributed by atoms with E-state index < -0.39 is 42.5 Å². The maximum atomic E-state index is 13.0. The average Bonchev–Trinajstić information content (AvgIpc) is 2.60. The van der Waals surface area contributed by atoms with Crippen molar-refractivity contribution < 1.29 is 32.2 Å². The van der Waals surface area contributed by atoms with Crippen LogP contribution in [0.5, 0.6) is 5.75 Å². The molecule has 0 aliphatic heterocycles. The minimum atomic E-state index is -4.70. The number of aryl methyl sites for hydroxylation is 2. The van der Waals surface area contributed by atoms with Crippen molar-refractivity contribution in [2.75, 3.05) is 18.5 Å². The summed E-state index contributed by atoms with van der Waals surface area (Å²) in [7, 11) is 0. The minimum Gasteiger partial charge on any atom is -0.481 e. The van der Waals surface area contributed by atoms with Gasteiger partial charge in [-0.3, -0.25) is 4.79 Å². The summed E-state index contributed by atoms with van der Waals surface area (Å²) in [5.74, 6) is -1.28. The van der Waals surface area contributed by atoms with Crippen LogP contribution in [0.2, 0.25) is 5.02 Å². The van der Waals surface area contributed by atoms with Gasteiger partial charge in [-0.2, -0.15) is 13.2 Å². The number of carbonyl (C=O) groups is 2. The summed E-state index contributed by atoms with van der Waals surface area (Å²) in [5, 5.41) is 1.74. The van der Waals surface area contributed by atoms with Crippen molar-refractivity contribution in [1.82, 2.24) is 0 Å². The third kappa shape index (κ3) is 5.63. The van der Waals surface area contributed by atoms with Gasteiger partial charge < -0.3 is 14.8 Å². The summed E-state index contributed by atoms with van der Waals surface area (Å²) in [6.45, 7) is 2.39. The van der Waals surface area contributed by atoms with E-state index in [1.54, 1.807) is 0 Å². The molecule has 0 aliphatic carbocycles. The molecular weight excluding hydrogens is 399 g/mol. The van der Waals surface area contributed by atoms with Crippen LogP contribution in [0.25, 0.3) is 0 Å². The first-order chi connectivity index (χ1) is 13.1. The van der Waals surface area contributed by atoms with Gasteiger partial charge in [0, 0.05) is 0 Å². The van der Waals surface area contributed by atoms with Crippen LogP contribution in [0.1, 0.15) is 16.7 Å². The summed E-state index contributed by atoms with van der Waals surface area (Å²) in [6.07, 6.45) is -4.70. The SMILES string of the molecule is Cc1cccc(C)c1OCC(=O)OCC(=O)Nc1c(Cl)cccc1C(F)(F)F. The molecule has 150 valence electrons. The molecule has 0 aromatic heterocycles. The number of amides is 1. The molecule has 9 heteroatoms.